The summed E-state index contributed by atoms with van der Waals surface area (Å²) in [5.74, 6) is -0.495. The van der Waals surface area contributed by atoms with Gasteiger partial charge >= 0.3 is 0 Å². The highest BCUT2D eigenvalue weighted by atomic mass is 32.2. The molecule has 0 aliphatic carbocycles. The van der Waals surface area contributed by atoms with Gasteiger partial charge in [0.05, 0.1) is 11.8 Å². The number of nitrogens with zero attached hydrogens (tertiary/aromatic N) is 3. The van der Waals surface area contributed by atoms with E-state index in [1.807, 2.05) is 67.4 Å². The van der Waals surface area contributed by atoms with Crippen LogP contribution >= 0.6 is 11.8 Å². The van der Waals surface area contributed by atoms with Crippen LogP contribution in [-0.4, -0.2) is 33.0 Å². The zero-order valence-corrected chi connectivity index (χ0v) is 22.1. The molecule has 3 aromatic rings. The minimum absolute atomic E-state index is 0.0579. The SMILES string of the molecule is CCc1ccc([C@@H]2CC(c3ccccc3)=NN2C2=NC(=O)[C@H](CC(=O)Nc3ccc(C)c(C)c3)S2)cc1. The molecule has 37 heavy (non-hydrogen) atoms. The molecule has 188 valence electrons. The molecule has 0 unspecified atom stereocenters. The lowest BCUT2D eigenvalue weighted by Gasteiger charge is -2.23. The fourth-order valence-corrected chi connectivity index (χ4v) is 5.59. The summed E-state index contributed by atoms with van der Waals surface area (Å²) >= 11 is 1.32. The summed E-state index contributed by atoms with van der Waals surface area (Å²) in [5, 5.41) is 9.68. The molecule has 3 aromatic carbocycles. The predicted molar refractivity (Wildman–Crippen MR) is 151 cm³/mol. The van der Waals surface area contributed by atoms with Gasteiger partial charge in [-0.1, -0.05) is 79.3 Å². The van der Waals surface area contributed by atoms with Gasteiger partial charge in [0.2, 0.25) is 5.91 Å². The molecule has 0 spiro atoms. The largest absolute Gasteiger partial charge is 0.326 e. The molecule has 7 heteroatoms. The van der Waals surface area contributed by atoms with Crippen molar-refractivity contribution >= 4 is 40.1 Å². The predicted octanol–water partition coefficient (Wildman–Crippen LogP) is 6.04. The molecule has 0 aromatic heterocycles. The number of hydrogen-bond acceptors (Lipinski definition) is 5. The third kappa shape index (κ3) is 5.52. The number of carbonyl (C=O) groups is 2. The number of aliphatic imine (C=N–C) groups is 1. The second kappa shape index (κ2) is 10.7. The number of hydrogen-bond donors (Lipinski definition) is 1. The van der Waals surface area contributed by atoms with E-state index in [1.165, 1.54) is 17.3 Å². The van der Waals surface area contributed by atoms with Gasteiger partial charge in [-0.05, 0) is 60.2 Å². The Morgan fingerprint density at radius 2 is 1.78 bits per heavy atom. The lowest BCUT2D eigenvalue weighted by Crippen LogP contribution is -2.25. The second-order valence-corrected chi connectivity index (χ2v) is 10.6. The number of amides is 2. The highest BCUT2D eigenvalue weighted by molar-refractivity contribution is 8.15. The number of carbonyl (C=O) groups excluding carboxylic acids is 2. The van der Waals surface area contributed by atoms with E-state index in [0.717, 1.165) is 40.1 Å². The van der Waals surface area contributed by atoms with Crippen molar-refractivity contribution in [1.29, 1.82) is 0 Å². The van der Waals surface area contributed by atoms with Gasteiger partial charge in [-0.25, -0.2) is 5.01 Å². The van der Waals surface area contributed by atoms with Gasteiger partial charge in [-0.3, -0.25) is 9.59 Å². The van der Waals surface area contributed by atoms with Gasteiger partial charge in [-0.15, -0.1) is 0 Å². The quantitative estimate of drug-likeness (QED) is 0.439. The fourth-order valence-electron chi connectivity index (χ4n) is 4.53. The van der Waals surface area contributed by atoms with Crippen LogP contribution in [0.25, 0.3) is 0 Å². The lowest BCUT2D eigenvalue weighted by molar-refractivity contribution is -0.121. The average Bonchev–Trinajstić information content (AvgIpc) is 3.51. The molecular formula is C30H30N4O2S. The summed E-state index contributed by atoms with van der Waals surface area (Å²) in [7, 11) is 0. The molecule has 2 heterocycles. The van der Waals surface area contributed by atoms with Crippen LogP contribution in [0.3, 0.4) is 0 Å². The first kappa shape index (κ1) is 25.0. The Morgan fingerprint density at radius 3 is 2.49 bits per heavy atom. The van der Waals surface area contributed by atoms with E-state index in [4.69, 9.17) is 5.10 Å². The van der Waals surface area contributed by atoms with Crippen molar-refractivity contribution in [1.82, 2.24) is 5.01 Å². The first-order chi connectivity index (χ1) is 17.9. The third-order valence-electron chi connectivity index (χ3n) is 6.88. The van der Waals surface area contributed by atoms with Crippen molar-refractivity contribution in [2.24, 2.45) is 10.1 Å². The van der Waals surface area contributed by atoms with Crippen molar-refractivity contribution in [2.45, 2.75) is 51.3 Å². The van der Waals surface area contributed by atoms with Gasteiger partial charge in [-0.2, -0.15) is 10.1 Å². The topological polar surface area (TPSA) is 74.1 Å². The average molecular weight is 511 g/mol. The summed E-state index contributed by atoms with van der Waals surface area (Å²) < 4.78 is 0. The standard InChI is InChI=1S/C30H30N4O2S/c1-4-21-11-13-23(14-12-21)26-17-25(22-8-6-5-7-9-22)33-34(26)30-32-29(36)27(37-30)18-28(35)31-24-15-10-19(2)20(3)16-24/h5-16,26-27H,4,17-18H2,1-3H3,(H,31,35)/t26-,27-/m0/s1. The molecule has 2 aliphatic heterocycles. The summed E-state index contributed by atoms with van der Waals surface area (Å²) in [6, 6.07) is 24.4. The molecule has 0 saturated carbocycles. The van der Waals surface area contributed by atoms with Crippen LogP contribution in [0.1, 0.15) is 53.6 Å². The van der Waals surface area contributed by atoms with E-state index in [9.17, 15) is 9.59 Å². The molecule has 0 fully saturated rings. The number of nitrogens with one attached hydrogen (secondary N) is 1. The van der Waals surface area contributed by atoms with Crippen molar-refractivity contribution < 1.29 is 9.59 Å². The minimum atomic E-state index is -0.569. The Kier molecular flexibility index (Phi) is 7.24. The molecule has 5 rings (SSSR count). The van der Waals surface area contributed by atoms with E-state index in [1.54, 1.807) is 0 Å². The molecule has 0 radical (unpaired) electrons. The van der Waals surface area contributed by atoms with E-state index < -0.39 is 5.25 Å². The molecule has 2 amide bonds. The number of anilines is 1. The maximum absolute atomic E-state index is 12.8. The van der Waals surface area contributed by atoms with Crippen LogP contribution in [0.4, 0.5) is 5.69 Å². The van der Waals surface area contributed by atoms with Gasteiger partial charge in [0, 0.05) is 18.5 Å². The first-order valence-electron chi connectivity index (χ1n) is 12.6. The Morgan fingerprint density at radius 1 is 1.03 bits per heavy atom. The van der Waals surface area contributed by atoms with Crippen LogP contribution in [0, 0.1) is 13.8 Å². The number of rotatable bonds is 6. The van der Waals surface area contributed by atoms with Gasteiger partial charge < -0.3 is 5.32 Å². The number of amidine groups is 1. The highest BCUT2D eigenvalue weighted by Gasteiger charge is 2.39. The first-order valence-corrected chi connectivity index (χ1v) is 13.5. The van der Waals surface area contributed by atoms with Crippen LogP contribution < -0.4 is 5.32 Å². The fraction of sp³-hybridized carbons (Fsp3) is 0.267. The molecule has 1 N–H and O–H groups in total. The van der Waals surface area contributed by atoms with E-state index in [2.05, 4.69) is 41.5 Å². The minimum Gasteiger partial charge on any atom is -0.326 e. The van der Waals surface area contributed by atoms with E-state index >= 15 is 0 Å². The van der Waals surface area contributed by atoms with Gasteiger partial charge in [0.1, 0.15) is 5.25 Å². The van der Waals surface area contributed by atoms with Crippen molar-refractivity contribution in [3.05, 3.63) is 101 Å². The van der Waals surface area contributed by atoms with Gasteiger partial charge in [0.25, 0.3) is 5.91 Å². The maximum atomic E-state index is 12.8. The normalized spacial score (nSPS) is 19.1. The highest BCUT2D eigenvalue weighted by Crippen LogP contribution is 2.38. The lowest BCUT2D eigenvalue weighted by atomic mass is 9.97. The Balaban J connectivity index is 1.34. The molecular weight excluding hydrogens is 480 g/mol. The van der Waals surface area contributed by atoms with Gasteiger partial charge in [0.15, 0.2) is 5.17 Å². The zero-order valence-electron chi connectivity index (χ0n) is 21.3. The molecule has 2 aliphatic rings. The maximum Gasteiger partial charge on any atom is 0.262 e. The van der Waals surface area contributed by atoms with Crippen LogP contribution in [0.2, 0.25) is 0 Å². The molecule has 0 bridgehead atoms. The van der Waals surface area contributed by atoms with Crippen LogP contribution in [0.5, 0.6) is 0 Å². The number of aryl methyl sites for hydroxylation is 3. The summed E-state index contributed by atoms with van der Waals surface area (Å²) in [6.07, 6.45) is 1.74. The monoisotopic (exact) mass is 510 g/mol. The van der Waals surface area contributed by atoms with Crippen LogP contribution in [0.15, 0.2) is 82.9 Å². The second-order valence-electron chi connectivity index (χ2n) is 9.46. The number of hydrazone groups is 1. The Bertz CT molecular complexity index is 1380. The zero-order chi connectivity index (χ0) is 25.9. The van der Waals surface area contributed by atoms with E-state index in [-0.39, 0.29) is 24.3 Å². The summed E-state index contributed by atoms with van der Waals surface area (Å²) in [4.78, 5) is 30.0. The Hall–Kier alpha value is -3.71. The summed E-state index contributed by atoms with van der Waals surface area (Å²) in [5.41, 5.74) is 7.41. The van der Waals surface area contributed by atoms with Crippen molar-refractivity contribution in [2.75, 3.05) is 5.32 Å². The smallest absolute Gasteiger partial charge is 0.262 e. The number of benzene rings is 3. The Labute approximate surface area is 221 Å². The third-order valence-corrected chi connectivity index (χ3v) is 8.02. The van der Waals surface area contributed by atoms with E-state index in [0.29, 0.717) is 11.6 Å². The van der Waals surface area contributed by atoms with Crippen LogP contribution in [-0.2, 0) is 16.0 Å². The van der Waals surface area contributed by atoms with Crippen molar-refractivity contribution in [3.63, 3.8) is 0 Å². The molecule has 2 atom stereocenters. The summed E-state index contributed by atoms with van der Waals surface area (Å²) in [6.45, 7) is 6.18. The molecule has 6 nitrogen and oxygen atoms in total. The van der Waals surface area contributed by atoms with Crippen molar-refractivity contribution in [3.8, 4) is 0 Å². The number of thioether (sulfide) groups is 1. The molecule has 0 saturated heterocycles.